The number of nitrogens with zero attached hydrogens (tertiary/aromatic N) is 3. The van der Waals surface area contributed by atoms with Gasteiger partial charge in [0.05, 0.1) is 17.4 Å². The number of alkyl halides is 1. The minimum absolute atomic E-state index is 0.116. The van der Waals surface area contributed by atoms with Crippen molar-refractivity contribution in [2.75, 3.05) is 0 Å². The molecule has 21 heavy (non-hydrogen) atoms. The van der Waals surface area contributed by atoms with Gasteiger partial charge in [-0.15, -0.1) is 22.9 Å². The smallest absolute Gasteiger partial charge is 0.184 e. The van der Waals surface area contributed by atoms with Crippen molar-refractivity contribution in [3.8, 4) is 0 Å². The number of hydrogen-bond acceptors (Lipinski definition) is 3. The Bertz CT molecular complexity index is 812. The molecule has 3 rings (SSSR count). The van der Waals surface area contributed by atoms with Crippen LogP contribution in [0.25, 0.3) is 11.0 Å². The number of benzene rings is 1. The van der Waals surface area contributed by atoms with Crippen LogP contribution in [-0.4, -0.2) is 14.5 Å². The average Bonchev–Trinajstić information content (AvgIpc) is 3.06. The molecule has 2 aromatic heterocycles. The highest BCUT2D eigenvalue weighted by atomic mass is 35.5. The van der Waals surface area contributed by atoms with Crippen molar-refractivity contribution < 1.29 is 8.78 Å². The zero-order valence-electron chi connectivity index (χ0n) is 11.4. The molecule has 110 valence electrons. The van der Waals surface area contributed by atoms with E-state index in [-0.39, 0.29) is 17.4 Å². The van der Waals surface area contributed by atoms with Gasteiger partial charge in [0, 0.05) is 11.1 Å². The van der Waals surface area contributed by atoms with Gasteiger partial charge in [-0.05, 0) is 26.0 Å². The van der Waals surface area contributed by atoms with Gasteiger partial charge in [-0.2, -0.15) is 0 Å². The third-order valence-electron chi connectivity index (χ3n) is 3.32. The second-order valence-electron chi connectivity index (χ2n) is 4.76. The zero-order chi connectivity index (χ0) is 15.1. The first kappa shape index (κ1) is 14.4. The lowest BCUT2D eigenvalue weighted by Gasteiger charge is -2.15. The lowest BCUT2D eigenvalue weighted by atomic mass is 10.2. The molecule has 0 bridgehead atoms. The minimum atomic E-state index is -0.906. The fourth-order valence-electron chi connectivity index (χ4n) is 2.36. The fourth-order valence-corrected chi connectivity index (χ4v) is 3.39. The summed E-state index contributed by atoms with van der Waals surface area (Å²) in [4.78, 5) is 8.70. The molecule has 0 N–H and O–H groups in total. The van der Waals surface area contributed by atoms with E-state index >= 15 is 0 Å². The van der Waals surface area contributed by atoms with E-state index in [4.69, 9.17) is 11.6 Å². The number of aromatic nitrogens is 3. The van der Waals surface area contributed by atoms with Crippen molar-refractivity contribution in [2.24, 2.45) is 0 Å². The quantitative estimate of drug-likeness (QED) is 0.666. The molecule has 1 unspecified atom stereocenters. The highest BCUT2D eigenvalue weighted by molar-refractivity contribution is 7.09. The Morgan fingerprint density at radius 3 is 2.71 bits per heavy atom. The molecule has 0 fully saturated rings. The second-order valence-corrected chi connectivity index (χ2v) is 5.92. The van der Waals surface area contributed by atoms with E-state index in [0.29, 0.717) is 11.3 Å². The molecule has 1 aromatic carbocycles. The van der Waals surface area contributed by atoms with E-state index in [1.807, 2.05) is 19.2 Å². The van der Waals surface area contributed by atoms with Crippen LogP contribution < -0.4 is 0 Å². The van der Waals surface area contributed by atoms with Crippen LogP contribution in [0.15, 0.2) is 17.5 Å². The first-order valence-corrected chi connectivity index (χ1v) is 7.77. The average molecular weight is 328 g/mol. The van der Waals surface area contributed by atoms with Crippen LogP contribution in [0.4, 0.5) is 8.78 Å². The first-order chi connectivity index (χ1) is 10.0. The van der Waals surface area contributed by atoms with E-state index < -0.39 is 11.6 Å². The molecule has 3 nitrogen and oxygen atoms in total. The molecule has 0 spiro atoms. The first-order valence-electron chi connectivity index (χ1n) is 6.35. The summed E-state index contributed by atoms with van der Waals surface area (Å²) in [5.74, 6) is -1.19. The number of rotatable bonds is 3. The number of thiazole rings is 1. The standard InChI is InChI=1S/C14H12ClF2N3S/c1-7-6-21-14(18-7)8(2)20-11(5-15)19-10-4-3-9(16)12(17)13(10)20/h3-4,6,8H,5H2,1-2H3. The number of hydrogen-bond donors (Lipinski definition) is 0. The Morgan fingerprint density at radius 1 is 1.33 bits per heavy atom. The summed E-state index contributed by atoms with van der Waals surface area (Å²) >= 11 is 7.39. The van der Waals surface area contributed by atoms with Gasteiger partial charge in [0.15, 0.2) is 11.6 Å². The summed E-state index contributed by atoms with van der Waals surface area (Å²) in [5, 5.41) is 2.73. The molecule has 2 heterocycles. The van der Waals surface area contributed by atoms with Crippen molar-refractivity contribution in [3.05, 3.63) is 45.7 Å². The van der Waals surface area contributed by atoms with Gasteiger partial charge in [-0.25, -0.2) is 18.7 Å². The van der Waals surface area contributed by atoms with E-state index in [1.165, 1.54) is 17.4 Å². The number of aryl methyl sites for hydroxylation is 1. The van der Waals surface area contributed by atoms with Crippen LogP contribution in [0.3, 0.4) is 0 Å². The number of halogens is 3. The molecule has 1 atom stereocenters. The Labute approximate surface area is 129 Å². The molecule has 0 amide bonds. The molecule has 0 saturated carbocycles. The van der Waals surface area contributed by atoms with E-state index in [1.54, 1.807) is 4.57 Å². The highest BCUT2D eigenvalue weighted by Gasteiger charge is 2.22. The van der Waals surface area contributed by atoms with Gasteiger partial charge in [-0.3, -0.25) is 0 Å². The highest BCUT2D eigenvalue weighted by Crippen LogP contribution is 2.30. The zero-order valence-corrected chi connectivity index (χ0v) is 13.0. The molecule has 0 aliphatic carbocycles. The molecular weight excluding hydrogens is 316 g/mol. The summed E-state index contributed by atoms with van der Waals surface area (Å²) in [6.07, 6.45) is 0. The summed E-state index contributed by atoms with van der Waals surface area (Å²) in [7, 11) is 0. The fraction of sp³-hybridized carbons (Fsp3) is 0.286. The minimum Gasteiger partial charge on any atom is -0.315 e. The van der Waals surface area contributed by atoms with Crippen LogP contribution in [0.1, 0.15) is 29.5 Å². The lowest BCUT2D eigenvalue weighted by Crippen LogP contribution is -2.11. The summed E-state index contributed by atoms with van der Waals surface area (Å²) < 4.78 is 29.4. The maximum absolute atomic E-state index is 14.2. The Morgan fingerprint density at radius 2 is 2.10 bits per heavy atom. The topological polar surface area (TPSA) is 30.7 Å². The molecule has 0 aliphatic heterocycles. The van der Waals surface area contributed by atoms with Gasteiger partial charge in [0.2, 0.25) is 0 Å². The maximum atomic E-state index is 14.2. The summed E-state index contributed by atoms with van der Waals surface area (Å²) in [5.41, 5.74) is 1.42. The van der Waals surface area contributed by atoms with Crippen molar-refractivity contribution >= 4 is 34.0 Å². The van der Waals surface area contributed by atoms with Crippen molar-refractivity contribution in [3.63, 3.8) is 0 Å². The SMILES string of the molecule is Cc1csc(C(C)n2c(CCl)nc3ccc(F)c(F)c32)n1. The van der Waals surface area contributed by atoms with E-state index in [0.717, 1.165) is 16.8 Å². The van der Waals surface area contributed by atoms with Crippen LogP contribution in [0.5, 0.6) is 0 Å². The Hall–Kier alpha value is -1.53. The predicted molar refractivity (Wildman–Crippen MR) is 79.9 cm³/mol. The largest absolute Gasteiger partial charge is 0.315 e. The lowest BCUT2D eigenvalue weighted by molar-refractivity contribution is 0.507. The van der Waals surface area contributed by atoms with E-state index in [9.17, 15) is 8.78 Å². The van der Waals surface area contributed by atoms with Crippen LogP contribution in [-0.2, 0) is 5.88 Å². The van der Waals surface area contributed by atoms with Crippen LogP contribution >= 0.6 is 22.9 Å². The van der Waals surface area contributed by atoms with Gasteiger partial charge < -0.3 is 4.57 Å². The molecule has 0 radical (unpaired) electrons. The molecule has 7 heteroatoms. The number of imidazole rings is 1. The van der Waals surface area contributed by atoms with Gasteiger partial charge in [0.1, 0.15) is 16.3 Å². The van der Waals surface area contributed by atoms with Gasteiger partial charge in [-0.1, -0.05) is 0 Å². The maximum Gasteiger partial charge on any atom is 0.184 e. The third kappa shape index (κ3) is 2.32. The van der Waals surface area contributed by atoms with Gasteiger partial charge in [0.25, 0.3) is 0 Å². The number of fused-ring (bicyclic) bond motifs is 1. The molecule has 0 saturated heterocycles. The summed E-state index contributed by atoms with van der Waals surface area (Å²) in [6.45, 7) is 3.77. The monoisotopic (exact) mass is 327 g/mol. The van der Waals surface area contributed by atoms with Crippen molar-refractivity contribution in [1.82, 2.24) is 14.5 Å². The Balaban J connectivity index is 2.27. The molecule has 3 aromatic rings. The molecular formula is C14H12ClF2N3S. The second kappa shape index (κ2) is 5.35. The predicted octanol–water partition coefficient (Wildman–Crippen LogP) is 4.43. The third-order valence-corrected chi connectivity index (χ3v) is 4.69. The van der Waals surface area contributed by atoms with Crippen molar-refractivity contribution in [1.29, 1.82) is 0 Å². The van der Waals surface area contributed by atoms with E-state index in [2.05, 4.69) is 9.97 Å². The molecule has 0 aliphatic rings. The van der Waals surface area contributed by atoms with Crippen LogP contribution in [0, 0.1) is 18.6 Å². The summed E-state index contributed by atoms with van der Waals surface area (Å²) in [6, 6.07) is 2.27. The van der Waals surface area contributed by atoms with Crippen LogP contribution in [0.2, 0.25) is 0 Å². The normalized spacial score (nSPS) is 13.0. The van der Waals surface area contributed by atoms with Gasteiger partial charge >= 0.3 is 0 Å². The Kier molecular flexibility index (Phi) is 3.67. The van der Waals surface area contributed by atoms with Crippen molar-refractivity contribution in [2.45, 2.75) is 25.8 Å².